The van der Waals surface area contributed by atoms with Gasteiger partial charge in [0.05, 0.1) is 5.56 Å². The van der Waals surface area contributed by atoms with Crippen LogP contribution in [0, 0.1) is 0 Å². The predicted octanol–water partition coefficient (Wildman–Crippen LogP) is 3.23. The second-order valence-corrected chi connectivity index (χ2v) is 6.76. The van der Waals surface area contributed by atoms with Gasteiger partial charge in [0, 0.05) is 5.56 Å². The average molecular weight is 393 g/mol. The normalized spacial score (nSPS) is 16.2. The van der Waals surface area contributed by atoms with Crippen molar-refractivity contribution >= 4 is 5.91 Å². The number of carbonyl (C=O) groups is 1. The molecule has 1 aliphatic rings. The van der Waals surface area contributed by atoms with Crippen molar-refractivity contribution in [2.75, 3.05) is 0 Å². The Balaban J connectivity index is 1.62. The number of amides is 1. The summed E-state index contributed by atoms with van der Waals surface area (Å²) in [6.07, 6.45) is -2.37. The Labute approximate surface area is 160 Å². The molecule has 5 nitrogen and oxygen atoms in total. The van der Waals surface area contributed by atoms with E-state index in [0.29, 0.717) is 0 Å². The van der Waals surface area contributed by atoms with Gasteiger partial charge in [0.25, 0.3) is 5.91 Å². The number of benzene rings is 2. The Morgan fingerprint density at radius 3 is 2.46 bits per heavy atom. The number of alkyl halides is 3. The summed E-state index contributed by atoms with van der Waals surface area (Å²) in [5.74, 6) is -0.781. The highest BCUT2D eigenvalue weighted by Gasteiger charge is 2.31. The molecule has 2 atom stereocenters. The van der Waals surface area contributed by atoms with Crippen LogP contribution < -0.4 is 16.8 Å². The number of hydrogen-bond acceptors (Lipinski definition) is 4. The van der Waals surface area contributed by atoms with Crippen molar-refractivity contribution in [3.63, 3.8) is 0 Å². The number of nitrogens with two attached hydrogens (primary N) is 2. The molecule has 0 aliphatic heterocycles. The number of ether oxygens (including phenoxy) is 1. The lowest BCUT2D eigenvalue weighted by atomic mass is 9.90. The van der Waals surface area contributed by atoms with Crippen LogP contribution in [0.5, 0.6) is 0 Å². The number of fused-ring (bicyclic) bond motifs is 1. The van der Waals surface area contributed by atoms with Crippen LogP contribution in [0.2, 0.25) is 0 Å². The zero-order chi connectivity index (χ0) is 20.3. The van der Waals surface area contributed by atoms with Crippen molar-refractivity contribution in [3.8, 4) is 0 Å². The number of rotatable bonds is 5. The summed E-state index contributed by atoms with van der Waals surface area (Å²) in [4.78, 5) is 12.2. The molecule has 5 N–H and O–H groups in total. The number of carbonyl (C=O) groups excluding carboxylic acids is 1. The molecular weight excluding hydrogens is 371 g/mol. The Kier molecular flexibility index (Phi) is 6.02. The maximum Gasteiger partial charge on any atom is 0.416 e. The topological polar surface area (TPSA) is 90.4 Å². The van der Waals surface area contributed by atoms with Crippen LogP contribution >= 0.6 is 0 Å². The highest BCUT2D eigenvalue weighted by Crippen LogP contribution is 2.29. The first-order valence-corrected chi connectivity index (χ1v) is 9.00. The van der Waals surface area contributed by atoms with Gasteiger partial charge in [-0.05, 0) is 60.6 Å². The molecule has 0 heterocycles. The van der Waals surface area contributed by atoms with Crippen molar-refractivity contribution in [1.29, 1.82) is 0 Å². The van der Waals surface area contributed by atoms with Gasteiger partial charge < -0.3 is 15.8 Å². The Morgan fingerprint density at radius 2 is 1.75 bits per heavy atom. The van der Waals surface area contributed by atoms with E-state index < -0.39 is 30.2 Å². The molecule has 0 fully saturated rings. The van der Waals surface area contributed by atoms with Crippen LogP contribution in [0.1, 0.15) is 51.7 Å². The molecular formula is C20H22F3N3O2. The molecule has 0 saturated carbocycles. The number of aryl methyl sites for hydroxylation is 2. The van der Waals surface area contributed by atoms with Gasteiger partial charge in [0.2, 0.25) is 0 Å². The highest BCUT2D eigenvalue weighted by atomic mass is 19.4. The largest absolute Gasteiger partial charge is 0.416 e. The SMILES string of the molecule is NC(NC(=O)c1cccc(C(F)(F)F)c1)OC(N)c1ccc2c(c1)CCCC2. The van der Waals surface area contributed by atoms with Gasteiger partial charge in [-0.25, -0.2) is 0 Å². The second kappa shape index (κ2) is 8.30. The summed E-state index contributed by atoms with van der Waals surface area (Å²) in [6, 6.07) is 9.91. The summed E-state index contributed by atoms with van der Waals surface area (Å²) in [5, 5.41) is 2.31. The van der Waals surface area contributed by atoms with E-state index in [1.54, 1.807) is 0 Å². The van der Waals surface area contributed by atoms with Crippen LogP contribution in [-0.2, 0) is 23.8 Å². The molecule has 0 radical (unpaired) electrons. The summed E-state index contributed by atoms with van der Waals surface area (Å²) < 4.78 is 43.7. The standard InChI is InChI=1S/C20H22F3N3O2/c21-20(22,23)16-7-3-6-15(11-16)18(27)26-19(25)28-17(24)14-9-8-12-4-1-2-5-13(12)10-14/h3,6-11,17,19H,1-2,4-5,24-25H2,(H,26,27). The van der Waals surface area contributed by atoms with Crippen LogP contribution in [0.4, 0.5) is 13.2 Å². The first-order chi connectivity index (χ1) is 13.2. The molecule has 3 rings (SSSR count). The van der Waals surface area contributed by atoms with Gasteiger partial charge in [-0.3, -0.25) is 10.5 Å². The molecule has 0 bridgehead atoms. The van der Waals surface area contributed by atoms with Crippen molar-refractivity contribution in [3.05, 3.63) is 70.3 Å². The van der Waals surface area contributed by atoms with Crippen molar-refractivity contribution in [2.24, 2.45) is 11.5 Å². The van der Waals surface area contributed by atoms with Gasteiger partial charge in [0.15, 0.2) is 6.35 Å². The predicted molar refractivity (Wildman–Crippen MR) is 98.0 cm³/mol. The number of hydrogen-bond donors (Lipinski definition) is 3. The molecule has 2 aromatic carbocycles. The summed E-state index contributed by atoms with van der Waals surface area (Å²) >= 11 is 0. The molecule has 2 aromatic rings. The van der Waals surface area contributed by atoms with Crippen LogP contribution in [0.3, 0.4) is 0 Å². The number of nitrogens with one attached hydrogen (secondary N) is 1. The van der Waals surface area contributed by atoms with Crippen molar-refractivity contribution in [1.82, 2.24) is 5.32 Å². The minimum absolute atomic E-state index is 0.170. The fourth-order valence-electron chi connectivity index (χ4n) is 3.25. The van der Waals surface area contributed by atoms with Gasteiger partial charge in [0.1, 0.15) is 6.23 Å². The first kappa shape index (κ1) is 20.3. The van der Waals surface area contributed by atoms with Gasteiger partial charge in [-0.2, -0.15) is 13.2 Å². The molecule has 0 aromatic heterocycles. The van der Waals surface area contributed by atoms with Gasteiger partial charge in [-0.1, -0.05) is 24.3 Å². The molecule has 28 heavy (non-hydrogen) atoms. The summed E-state index contributed by atoms with van der Waals surface area (Å²) in [5.41, 5.74) is 13.9. The Hall–Kier alpha value is -2.42. The van der Waals surface area contributed by atoms with E-state index in [4.69, 9.17) is 16.2 Å². The van der Waals surface area contributed by atoms with Gasteiger partial charge in [-0.15, -0.1) is 0 Å². The van der Waals surface area contributed by atoms with E-state index in [9.17, 15) is 18.0 Å². The lowest BCUT2D eigenvalue weighted by Crippen LogP contribution is -2.45. The quantitative estimate of drug-likeness (QED) is 0.681. The zero-order valence-corrected chi connectivity index (χ0v) is 15.1. The highest BCUT2D eigenvalue weighted by molar-refractivity contribution is 5.94. The molecule has 2 unspecified atom stereocenters. The van der Waals surface area contributed by atoms with E-state index in [2.05, 4.69) is 5.32 Å². The third kappa shape index (κ3) is 4.89. The molecule has 0 spiro atoms. The lowest BCUT2D eigenvalue weighted by Gasteiger charge is -2.22. The van der Waals surface area contributed by atoms with E-state index >= 15 is 0 Å². The molecule has 150 valence electrons. The smallest absolute Gasteiger partial charge is 0.323 e. The van der Waals surface area contributed by atoms with Crippen LogP contribution in [0.15, 0.2) is 42.5 Å². The molecule has 0 saturated heterocycles. The third-order valence-corrected chi connectivity index (χ3v) is 4.72. The van der Waals surface area contributed by atoms with Crippen LogP contribution in [-0.4, -0.2) is 12.3 Å². The summed E-state index contributed by atoms with van der Waals surface area (Å²) in [6.45, 7) is 0. The van der Waals surface area contributed by atoms with E-state index in [0.717, 1.165) is 43.0 Å². The van der Waals surface area contributed by atoms with Crippen LogP contribution in [0.25, 0.3) is 0 Å². The maximum atomic E-state index is 12.8. The number of halogens is 3. The Morgan fingerprint density at radius 1 is 1.04 bits per heavy atom. The lowest BCUT2D eigenvalue weighted by molar-refractivity contribution is -0.137. The van der Waals surface area contributed by atoms with E-state index in [1.807, 2.05) is 18.2 Å². The molecule has 8 heteroatoms. The third-order valence-electron chi connectivity index (χ3n) is 4.72. The fourth-order valence-corrected chi connectivity index (χ4v) is 3.25. The minimum atomic E-state index is -4.54. The van der Waals surface area contributed by atoms with E-state index in [-0.39, 0.29) is 5.56 Å². The van der Waals surface area contributed by atoms with E-state index in [1.165, 1.54) is 23.6 Å². The minimum Gasteiger partial charge on any atom is -0.323 e. The van der Waals surface area contributed by atoms with Gasteiger partial charge >= 0.3 is 6.18 Å². The Bertz CT molecular complexity index is 855. The fraction of sp³-hybridized carbons (Fsp3) is 0.350. The van der Waals surface area contributed by atoms with Crippen molar-refractivity contribution in [2.45, 2.75) is 44.4 Å². The molecule has 1 amide bonds. The van der Waals surface area contributed by atoms with Crippen molar-refractivity contribution < 1.29 is 22.7 Å². The summed E-state index contributed by atoms with van der Waals surface area (Å²) in [7, 11) is 0. The first-order valence-electron chi connectivity index (χ1n) is 9.00. The maximum absolute atomic E-state index is 12.8. The zero-order valence-electron chi connectivity index (χ0n) is 15.1. The average Bonchev–Trinajstić information content (AvgIpc) is 2.66. The monoisotopic (exact) mass is 393 g/mol. The molecule has 1 aliphatic carbocycles. The second-order valence-electron chi connectivity index (χ2n) is 6.76.